The van der Waals surface area contributed by atoms with Gasteiger partial charge in [0, 0.05) is 0 Å². The molecule has 26 heavy (non-hydrogen) atoms. The van der Waals surface area contributed by atoms with Gasteiger partial charge in [0.2, 0.25) is 0 Å². The number of fused-ring (bicyclic) bond motifs is 5. The van der Waals surface area contributed by atoms with Gasteiger partial charge in [-0.15, -0.1) is 0 Å². The van der Waals surface area contributed by atoms with Crippen LogP contribution < -0.4 is 0 Å². The van der Waals surface area contributed by atoms with Crippen molar-refractivity contribution in [1.29, 1.82) is 0 Å². The highest BCUT2D eigenvalue weighted by atomic mass is 16.5. The standard InChI is InChI=1S/C22H34O4/c1-3-13-9-14(4-2)20(19(13)21(23)24)22(25)26-11-12-7-17-15-5-6-16(10-15)18(17)8-12/h12-20H,3-11H2,1-2H3,(H,23,24). The Morgan fingerprint density at radius 3 is 2.00 bits per heavy atom. The van der Waals surface area contributed by atoms with E-state index in [1.54, 1.807) is 0 Å². The van der Waals surface area contributed by atoms with E-state index in [4.69, 9.17) is 4.74 Å². The zero-order valence-electron chi connectivity index (χ0n) is 16.2. The highest BCUT2D eigenvalue weighted by Crippen LogP contribution is 2.60. The Balaban J connectivity index is 1.36. The molecule has 146 valence electrons. The van der Waals surface area contributed by atoms with Crippen LogP contribution in [0.3, 0.4) is 0 Å². The second-order valence-corrected chi connectivity index (χ2v) is 9.59. The molecular formula is C22H34O4. The maximum Gasteiger partial charge on any atom is 0.310 e. The SMILES string of the molecule is CCC1CC(CC)C(C(=O)OCC2CC3C4CCC(C4)C3C2)C1C(=O)O. The molecule has 0 aromatic heterocycles. The number of carboxylic acids is 1. The second-order valence-electron chi connectivity index (χ2n) is 9.59. The molecule has 1 N–H and O–H groups in total. The lowest BCUT2D eigenvalue weighted by Gasteiger charge is -2.23. The van der Waals surface area contributed by atoms with Crippen molar-refractivity contribution in [1.82, 2.24) is 0 Å². The van der Waals surface area contributed by atoms with Crippen molar-refractivity contribution in [2.45, 2.75) is 65.2 Å². The number of hydrogen-bond donors (Lipinski definition) is 1. The molecule has 0 aromatic rings. The fourth-order valence-corrected chi connectivity index (χ4v) is 7.37. The monoisotopic (exact) mass is 362 g/mol. The molecule has 4 aliphatic carbocycles. The van der Waals surface area contributed by atoms with E-state index in [-0.39, 0.29) is 17.8 Å². The second kappa shape index (κ2) is 7.16. The van der Waals surface area contributed by atoms with Crippen molar-refractivity contribution in [3.63, 3.8) is 0 Å². The van der Waals surface area contributed by atoms with Crippen LogP contribution >= 0.6 is 0 Å². The smallest absolute Gasteiger partial charge is 0.310 e. The zero-order valence-corrected chi connectivity index (χ0v) is 16.2. The van der Waals surface area contributed by atoms with Gasteiger partial charge in [0.15, 0.2) is 0 Å². The molecule has 0 aliphatic heterocycles. The molecule has 0 amide bonds. The number of carbonyl (C=O) groups is 2. The van der Waals surface area contributed by atoms with E-state index < -0.39 is 17.8 Å². The largest absolute Gasteiger partial charge is 0.481 e. The molecule has 0 heterocycles. The molecule has 0 radical (unpaired) electrons. The normalized spacial score (nSPS) is 46.5. The molecular weight excluding hydrogens is 328 g/mol. The average Bonchev–Trinajstić information content (AvgIpc) is 3.38. The summed E-state index contributed by atoms with van der Waals surface area (Å²) in [6.07, 6.45) is 9.25. The predicted molar refractivity (Wildman–Crippen MR) is 98.3 cm³/mol. The van der Waals surface area contributed by atoms with Crippen LogP contribution in [0.2, 0.25) is 0 Å². The third-order valence-corrected chi connectivity index (χ3v) is 8.56. The van der Waals surface area contributed by atoms with Crippen molar-refractivity contribution < 1.29 is 19.4 Å². The number of hydrogen-bond acceptors (Lipinski definition) is 3. The lowest BCUT2D eigenvalue weighted by molar-refractivity contribution is -0.160. The third-order valence-electron chi connectivity index (χ3n) is 8.56. The lowest BCUT2D eigenvalue weighted by atomic mass is 9.82. The Morgan fingerprint density at radius 1 is 0.885 bits per heavy atom. The van der Waals surface area contributed by atoms with Gasteiger partial charge >= 0.3 is 11.9 Å². The van der Waals surface area contributed by atoms with Crippen molar-refractivity contribution in [2.75, 3.05) is 6.61 Å². The van der Waals surface area contributed by atoms with E-state index in [0.29, 0.717) is 12.5 Å². The van der Waals surface area contributed by atoms with E-state index >= 15 is 0 Å². The van der Waals surface area contributed by atoms with E-state index in [2.05, 4.69) is 6.92 Å². The molecule has 8 unspecified atom stereocenters. The minimum Gasteiger partial charge on any atom is -0.481 e. The molecule has 4 saturated carbocycles. The van der Waals surface area contributed by atoms with Crippen molar-refractivity contribution in [2.24, 2.45) is 53.3 Å². The van der Waals surface area contributed by atoms with Crippen molar-refractivity contribution in [3.8, 4) is 0 Å². The highest BCUT2D eigenvalue weighted by molar-refractivity contribution is 5.82. The van der Waals surface area contributed by atoms with E-state index in [0.717, 1.165) is 42.9 Å². The van der Waals surface area contributed by atoms with Crippen LogP contribution in [0.25, 0.3) is 0 Å². The summed E-state index contributed by atoms with van der Waals surface area (Å²) in [6.45, 7) is 4.61. The van der Waals surface area contributed by atoms with Gasteiger partial charge in [-0.2, -0.15) is 0 Å². The van der Waals surface area contributed by atoms with Gasteiger partial charge in [-0.05, 0) is 80.0 Å². The maximum atomic E-state index is 12.8. The molecule has 0 spiro atoms. The predicted octanol–water partition coefficient (Wildman–Crippen LogP) is 4.38. The molecule has 4 aliphatic rings. The molecule has 4 fully saturated rings. The van der Waals surface area contributed by atoms with Crippen molar-refractivity contribution >= 4 is 11.9 Å². The first-order valence-electron chi connectivity index (χ1n) is 10.9. The van der Waals surface area contributed by atoms with E-state index in [9.17, 15) is 14.7 Å². The maximum absolute atomic E-state index is 12.8. The third kappa shape index (κ3) is 2.97. The summed E-state index contributed by atoms with van der Waals surface area (Å²) in [4.78, 5) is 24.7. The molecule has 8 atom stereocenters. The topological polar surface area (TPSA) is 63.6 Å². The molecule has 0 saturated heterocycles. The van der Waals surface area contributed by atoms with Crippen LogP contribution in [0, 0.1) is 53.3 Å². The van der Waals surface area contributed by atoms with Gasteiger partial charge < -0.3 is 9.84 Å². The van der Waals surface area contributed by atoms with Crippen LogP contribution in [0.5, 0.6) is 0 Å². The Labute approximate surface area is 157 Å². The quantitative estimate of drug-likeness (QED) is 0.713. The molecule has 4 heteroatoms. The zero-order chi connectivity index (χ0) is 18.4. The highest BCUT2D eigenvalue weighted by Gasteiger charge is 2.53. The van der Waals surface area contributed by atoms with Crippen LogP contribution in [0.4, 0.5) is 0 Å². The van der Waals surface area contributed by atoms with Crippen LogP contribution in [0.1, 0.15) is 65.2 Å². The summed E-state index contributed by atoms with van der Waals surface area (Å²) in [5.41, 5.74) is 0. The minimum atomic E-state index is -0.818. The number of ether oxygens (including phenoxy) is 1. The first kappa shape index (κ1) is 18.3. The summed E-state index contributed by atoms with van der Waals surface area (Å²) in [6, 6.07) is 0. The molecule has 4 rings (SSSR count). The summed E-state index contributed by atoms with van der Waals surface area (Å²) < 4.78 is 5.77. The van der Waals surface area contributed by atoms with Crippen LogP contribution in [-0.2, 0) is 14.3 Å². The number of esters is 1. The van der Waals surface area contributed by atoms with Crippen molar-refractivity contribution in [3.05, 3.63) is 0 Å². The first-order valence-corrected chi connectivity index (χ1v) is 10.9. The Kier molecular flexibility index (Phi) is 5.04. The van der Waals surface area contributed by atoms with Crippen LogP contribution in [-0.4, -0.2) is 23.7 Å². The Bertz CT molecular complexity index is 540. The Morgan fingerprint density at radius 2 is 1.46 bits per heavy atom. The fourth-order valence-electron chi connectivity index (χ4n) is 7.37. The number of carboxylic acid groups (broad SMARTS) is 1. The minimum absolute atomic E-state index is 0.108. The van der Waals surface area contributed by atoms with Gasteiger partial charge in [0.05, 0.1) is 18.4 Å². The van der Waals surface area contributed by atoms with Gasteiger partial charge in [-0.25, -0.2) is 0 Å². The Hall–Kier alpha value is -1.06. The lowest BCUT2D eigenvalue weighted by Crippen LogP contribution is -2.33. The van der Waals surface area contributed by atoms with Gasteiger partial charge in [-0.3, -0.25) is 9.59 Å². The number of carbonyl (C=O) groups excluding carboxylic acids is 1. The fraction of sp³-hybridized carbons (Fsp3) is 0.909. The van der Waals surface area contributed by atoms with Crippen LogP contribution in [0.15, 0.2) is 0 Å². The number of rotatable bonds is 6. The molecule has 4 nitrogen and oxygen atoms in total. The summed E-state index contributed by atoms with van der Waals surface area (Å²) in [5.74, 6) is 2.34. The first-order chi connectivity index (χ1) is 12.5. The van der Waals surface area contributed by atoms with Gasteiger partial charge in [0.25, 0.3) is 0 Å². The molecule has 2 bridgehead atoms. The average molecular weight is 363 g/mol. The van der Waals surface area contributed by atoms with E-state index in [1.807, 2.05) is 6.92 Å². The number of aliphatic carboxylic acids is 1. The summed E-state index contributed by atoms with van der Waals surface area (Å²) in [5, 5.41) is 9.69. The summed E-state index contributed by atoms with van der Waals surface area (Å²) in [7, 11) is 0. The van der Waals surface area contributed by atoms with Gasteiger partial charge in [0.1, 0.15) is 0 Å². The summed E-state index contributed by atoms with van der Waals surface area (Å²) >= 11 is 0. The molecule has 0 aromatic carbocycles. The van der Waals surface area contributed by atoms with Gasteiger partial charge in [-0.1, -0.05) is 26.7 Å². The van der Waals surface area contributed by atoms with E-state index in [1.165, 1.54) is 32.1 Å².